The summed E-state index contributed by atoms with van der Waals surface area (Å²) in [6, 6.07) is 11.5. The number of aliphatic carboxylic acids is 1. The summed E-state index contributed by atoms with van der Waals surface area (Å²) in [5.41, 5.74) is 3.44. The van der Waals surface area contributed by atoms with Gasteiger partial charge in [-0.25, -0.2) is 0 Å². The van der Waals surface area contributed by atoms with Crippen molar-refractivity contribution < 1.29 is 27.8 Å². The number of hydrogen-bond donors (Lipinski definition) is 2. The molecule has 1 heterocycles. The van der Waals surface area contributed by atoms with Gasteiger partial charge >= 0.3 is 12.3 Å². The number of ether oxygens (including phenoxy) is 1. The van der Waals surface area contributed by atoms with Crippen molar-refractivity contribution in [1.29, 1.82) is 0 Å². The quantitative estimate of drug-likeness (QED) is 0.619. The average molecular weight is 377 g/mol. The fraction of sp³-hybridized carbons (Fsp3) is 0.250. The van der Waals surface area contributed by atoms with Crippen molar-refractivity contribution in [2.45, 2.75) is 32.5 Å². The molecule has 0 radical (unpaired) electrons. The first kappa shape index (κ1) is 18.8. The summed E-state index contributed by atoms with van der Waals surface area (Å²) in [5, 5.41) is 9.65. The molecule has 7 heteroatoms. The lowest BCUT2D eigenvalue weighted by Gasteiger charge is -2.09. The van der Waals surface area contributed by atoms with Gasteiger partial charge in [-0.15, -0.1) is 13.2 Å². The number of hydrogen-bond acceptors (Lipinski definition) is 2. The van der Waals surface area contributed by atoms with E-state index in [2.05, 4.69) is 23.6 Å². The summed E-state index contributed by atoms with van der Waals surface area (Å²) < 4.78 is 41.5. The Bertz CT molecular complexity index is 973. The standard InChI is InChI=1S/C20H18F3NO3/c1-11(2)12-3-5-13(6-4-12)19-16(10-18(25)26)15-9-14(27-20(21,22)23)7-8-17(15)24-19/h3-9,11,24H,10H2,1-2H3,(H,25,26). The second-order valence-electron chi connectivity index (χ2n) is 6.58. The van der Waals surface area contributed by atoms with Crippen molar-refractivity contribution in [1.82, 2.24) is 4.98 Å². The highest BCUT2D eigenvalue weighted by Crippen LogP contribution is 2.34. The molecule has 2 N–H and O–H groups in total. The normalized spacial score (nSPS) is 11.9. The summed E-state index contributed by atoms with van der Waals surface area (Å²) >= 11 is 0. The zero-order valence-electron chi connectivity index (χ0n) is 14.7. The number of carboxylic acid groups (broad SMARTS) is 1. The van der Waals surface area contributed by atoms with Crippen LogP contribution in [-0.4, -0.2) is 22.4 Å². The second kappa shape index (κ2) is 6.98. The first-order chi connectivity index (χ1) is 12.6. The van der Waals surface area contributed by atoms with Crippen molar-refractivity contribution in [3.05, 3.63) is 53.6 Å². The van der Waals surface area contributed by atoms with Gasteiger partial charge in [-0.1, -0.05) is 38.1 Å². The van der Waals surface area contributed by atoms with Crippen LogP contribution in [0.1, 0.15) is 30.9 Å². The van der Waals surface area contributed by atoms with Gasteiger partial charge in [0.15, 0.2) is 0 Å². The minimum absolute atomic E-state index is 0.323. The molecular weight excluding hydrogens is 359 g/mol. The first-order valence-corrected chi connectivity index (χ1v) is 8.36. The minimum atomic E-state index is -4.81. The van der Waals surface area contributed by atoms with Gasteiger partial charge in [0.25, 0.3) is 0 Å². The highest BCUT2D eigenvalue weighted by atomic mass is 19.4. The third-order valence-corrected chi connectivity index (χ3v) is 4.31. The zero-order valence-corrected chi connectivity index (χ0v) is 14.7. The Balaban J connectivity index is 2.12. The van der Waals surface area contributed by atoms with Crippen LogP contribution in [0.5, 0.6) is 5.75 Å². The van der Waals surface area contributed by atoms with E-state index in [-0.39, 0.29) is 12.2 Å². The summed E-state index contributed by atoms with van der Waals surface area (Å²) in [6.45, 7) is 4.13. The Morgan fingerprint density at radius 3 is 2.37 bits per heavy atom. The number of carbonyl (C=O) groups is 1. The number of halogens is 3. The topological polar surface area (TPSA) is 62.3 Å². The van der Waals surface area contributed by atoms with Crippen LogP contribution in [0.2, 0.25) is 0 Å². The molecule has 0 aliphatic carbocycles. The van der Waals surface area contributed by atoms with Gasteiger partial charge in [0.2, 0.25) is 0 Å². The third-order valence-electron chi connectivity index (χ3n) is 4.31. The van der Waals surface area contributed by atoms with E-state index in [1.54, 1.807) is 0 Å². The van der Waals surface area contributed by atoms with Crippen LogP contribution in [-0.2, 0) is 11.2 Å². The number of nitrogens with one attached hydrogen (secondary N) is 1. The monoisotopic (exact) mass is 377 g/mol. The molecule has 4 nitrogen and oxygen atoms in total. The number of benzene rings is 2. The smallest absolute Gasteiger partial charge is 0.481 e. The fourth-order valence-corrected chi connectivity index (χ4v) is 3.04. The highest BCUT2D eigenvalue weighted by molar-refractivity contribution is 5.94. The summed E-state index contributed by atoms with van der Waals surface area (Å²) in [4.78, 5) is 14.5. The molecule has 0 saturated heterocycles. The van der Waals surface area contributed by atoms with Crippen LogP contribution in [0.4, 0.5) is 13.2 Å². The Kier molecular flexibility index (Phi) is 4.87. The van der Waals surface area contributed by atoms with Gasteiger partial charge in [-0.2, -0.15) is 0 Å². The molecule has 0 spiro atoms. The Hall–Kier alpha value is -2.96. The van der Waals surface area contributed by atoms with Gasteiger partial charge in [-0.3, -0.25) is 4.79 Å². The maximum atomic E-state index is 12.5. The van der Waals surface area contributed by atoms with Gasteiger partial charge in [0, 0.05) is 10.9 Å². The van der Waals surface area contributed by atoms with Crippen LogP contribution < -0.4 is 4.74 Å². The van der Waals surface area contributed by atoms with Crippen LogP contribution in [0.3, 0.4) is 0 Å². The number of alkyl halides is 3. The highest BCUT2D eigenvalue weighted by Gasteiger charge is 2.31. The van der Waals surface area contributed by atoms with Gasteiger partial charge < -0.3 is 14.8 Å². The SMILES string of the molecule is CC(C)c1ccc(-c2[nH]c3ccc(OC(F)(F)F)cc3c2CC(=O)O)cc1. The fourth-order valence-electron chi connectivity index (χ4n) is 3.04. The molecule has 2 aromatic carbocycles. The molecule has 0 atom stereocenters. The van der Waals surface area contributed by atoms with Crippen LogP contribution in [0, 0.1) is 0 Å². The van der Waals surface area contributed by atoms with E-state index < -0.39 is 12.3 Å². The van der Waals surface area contributed by atoms with Crippen molar-refractivity contribution in [2.24, 2.45) is 0 Å². The lowest BCUT2D eigenvalue weighted by Crippen LogP contribution is -2.17. The number of H-pyrrole nitrogens is 1. The van der Waals surface area contributed by atoms with E-state index >= 15 is 0 Å². The van der Waals surface area contributed by atoms with Gasteiger partial charge in [-0.05, 0) is 40.8 Å². The molecule has 1 aromatic heterocycles. The summed E-state index contributed by atoms with van der Waals surface area (Å²) in [5.74, 6) is -1.11. The Labute approximate surface area is 153 Å². The Morgan fingerprint density at radius 2 is 1.81 bits per heavy atom. The summed E-state index contributed by atoms with van der Waals surface area (Å²) in [6.07, 6.45) is -5.14. The maximum Gasteiger partial charge on any atom is 0.573 e. The molecule has 142 valence electrons. The number of aromatic amines is 1. The number of rotatable bonds is 5. The Morgan fingerprint density at radius 1 is 1.15 bits per heavy atom. The zero-order chi connectivity index (χ0) is 19.8. The predicted molar refractivity (Wildman–Crippen MR) is 95.8 cm³/mol. The van der Waals surface area contributed by atoms with E-state index in [4.69, 9.17) is 0 Å². The molecule has 0 saturated carbocycles. The van der Waals surface area contributed by atoms with Gasteiger partial charge in [0.05, 0.1) is 12.1 Å². The lowest BCUT2D eigenvalue weighted by molar-refractivity contribution is -0.274. The van der Waals surface area contributed by atoms with Gasteiger partial charge in [0.1, 0.15) is 5.75 Å². The van der Waals surface area contributed by atoms with E-state index in [0.717, 1.165) is 11.1 Å². The molecule has 0 aliphatic rings. The molecular formula is C20H18F3NO3. The van der Waals surface area contributed by atoms with E-state index in [0.29, 0.717) is 28.1 Å². The molecule has 0 bridgehead atoms. The van der Waals surface area contributed by atoms with E-state index in [1.165, 1.54) is 18.2 Å². The van der Waals surface area contributed by atoms with Crippen LogP contribution in [0.25, 0.3) is 22.2 Å². The first-order valence-electron chi connectivity index (χ1n) is 8.36. The molecule has 0 amide bonds. The third kappa shape index (κ3) is 4.24. The second-order valence-corrected chi connectivity index (χ2v) is 6.58. The van der Waals surface area contributed by atoms with Crippen molar-refractivity contribution >= 4 is 16.9 Å². The molecule has 0 unspecified atom stereocenters. The van der Waals surface area contributed by atoms with Crippen LogP contribution in [0.15, 0.2) is 42.5 Å². The number of carboxylic acids is 1. The largest absolute Gasteiger partial charge is 0.573 e. The minimum Gasteiger partial charge on any atom is -0.481 e. The number of fused-ring (bicyclic) bond motifs is 1. The predicted octanol–water partition coefficient (Wildman–Crippen LogP) is 5.48. The van der Waals surface area contributed by atoms with E-state index in [9.17, 15) is 23.1 Å². The van der Waals surface area contributed by atoms with Crippen LogP contribution >= 0.6 is 0 Å². The molecule has 3 aromatic rings. The van der Waals surface area contributed by atoms with Crippen molar-refractivity contribution in [3.63, 3.8) is 0 Å². The molecule has 0 fully saturated rings. The number of aromatic nitrogens is 1. The molecule has 0 aliphatic heterocycles. The molecule has 27 heavy (non-hydrogen) atoms. The maximum absolute atomic E-state index is 12.5. The lowest BCUT2D eigenvalue weighted by atomic mass is 9.98. The van der Waals surface area contributed by atoms with Crippen molar-refractivity contribution in [2.75, 3.05) is 0 Å². The summed E-state index contributed by atoms with van der Waals surface area (Å²) in [7, 11) is 0. The van der Waals surface area contributed by atoms with E-state index in [1.807, 2.05) is 24.3 Å². The molecule has 3 rings (SSSR count). The average Bonchev–Trinajstić information content (AvgIpc) is 2.91. The van der Waals surface area contributed by atoms with Crippen molar-refractivity contribution in [3.8, 4) is 17.0 Å².